The van der Waals surface area contributed by atoms with Crippen LogP contribution in [-0.4, -0.2) is 18.0 Å². The van der Waals surface area contributed by atoms with E-state index in [2.05, 4.69) is 4.98 Å². The third-order valence-corrected chi connectivity index (χ3v) is 5.44. The average molecular weight is 377 g/mol. The lowest BCUT2D eigenvalue weighted by atomic mass is 10.0. The van der Waals surface area contributed by atoms with E-state index in [1.54, 1.807) is 7.11 Å². The number of carbonyl (C=O) groups excluding carboxylic acids is 1. The molecule has 27 heavy (non-hydrogen) atoms. The van der Waals surface area contributed by atoms with Crippen molar-refractivity contribution in [2.24, 2.45) is 5.73 Å². The van der Waals surface area contributed by atoms with E-state index in [4.69, 9.17) is 21.2 Å². The molecular weight excluding hydrogens is 360 g/mol. The van der Waals surface area contributed by atoms with Crippen LogP contribution in [0.3, 0.4) is 0 Å². The van der Waals surface area contributed by atoms with Crippen molar-refractivity contribution in [2.75, 3.05) is 12.8 Å². The van der Waals surface area contributed by atoms with Crippen LogP contribution in [0.25, 0.3) is 32.6 Å². The maximum absolute atomic E-state index is 11.8. The zero-order valence-electron chi connectivity index (χ0n) is 14.5. The largest absolute Gasteiger partial charge is 0.497 e. The molecule has 7 heteroatoms. The van der Waals surface area contributed by atoms with E-state index in [0.717, 1.165) is 33.5 Å². The van der Waals surface area contributed by atoms with Gasteiger partial charge in [-0.1, -0.05) is 0 Å². The fourth-order valence-corrected chi connectivity index (χ4v) is 3.97. The molecule has 0 radical (unpaired) electrons. The van der Waals surface area contributed by atoms with Gasteiger partial charge in [-0.2, -0.15) is 0 Å². The Bertz CT molecular complexity index is 1140. The van der Waals surface area contributed by atoms with Crippen molar-refractivity contribution in [2.45, 2.75) is 0 Å². The number of aromatic amines is 1. The predicted molar refractivity (Wildman–Crippen MR) is 107 cm³/mol. The second-order valence-corrected chi connectivity index (χ2v) is 6.96. The second kappa shape index (κ2) is 6.69. The van der Waals surface area contributed by atoms with Gasteiger partial charge in [-0.3, -0.25) is 4.79 Å². The van der Waals surface area contributed by atoms with E-state index >= 15 is 0 Å². The summed E-state index contributed by atoms with van der Waals surface area (Å²) in [5.41, 5.74) is 15.7. The molecule has 5 N–H and O–H groups in total. The smallest absolute Gasteiger partial charge is 0.260 e. The molecule has 0 aliphatic heterocycles. The summed E-state index contributed by atoms with van der Waals surface area (Å²) >= 11 is 1.21. The fraction of sp³-hybridized carbons (Fsp3) is 0.0500. The maximum Gasteiger partial charge on any atom is 0.260 e. The van der Waals surface area contributed by atoms with Gasteiger partial charge in [0.05, 0.1) is 18.5 Å². The summed E-state index contributed by atoms with van der Waals surface area (Å²) in [6, 6.07) is 13.5. The molecule has 3 aromatic heterocycles. The first-order valence-electron chi connectivity index (χ1n) is 8.22. The highest BCUT2D eigenvalue weighted by atomic mass is 32.1. The molecule has 0 fully saturated rings. The van der Waals surface area contributed by atoms with Crippen LogP contribution in [0.15, 0.2) is 54.9 Å². The van der Waals surface area contributed by atoms with E-state index in [-0.39, 0.29) is 0 Å². The van der Waals surface area contributed by atoms with Crippen LogP contribution in [0, 0.1) is 0 Å². The van der Waals surface area contributed by atoms with Gasteiger partial charge < -0.3 is 16.2 Å². The number of primary amides is 1. The standard InChI is InChI=1S/C20H16N4O2S/c1-26-13-6-4-11(5-7-13)15-9-14(12-3-2-8-23-10-12)16-17(21)18(19(22)25)27-20(16)24-15/h2-10H,21H2,1H3,(H2,22,25)/p+1. The van der Waals surface area contributed by atoms with Crippen molar-refractivity contribution in [1.82, 2.24) is 4.98 Å². The van der Waals surface area contributed by atoms with Crippen molar-refractivity contribution < 1.29 is 14.5 Å². The maximum atomic E-state index is 11.8. The number of carbonyl (C=O) groups is 1. The molecule has 1 amide bonds. The molecule has 6 nitrogen and oxygen atoms in total. The van der Waals surface area contributed by atoms with Crippen molar-refractivity contribution in [1.29, 1.82) is 0 Å². The van der Waals surface area contributed by atoms with E-state index < -0.39 is 5.91 Å². The number of methoxy groups -OCH3 is 1. The minimum Gasteiger partial charge on any atom is -0.497 e. The van der Waals surface area contributed by atoms with Crippen molar-refractivity contribution in [3.8, 4) is 28.1 Å². The number of anilines is 1. The third-order valence-electron chi connectivity index (χ3n) is 4.33. The summed E-state index contributed by atoms with van der Waals surface area (Å²) in [6.45, 7) is 0. The van der Waals surface area contributed by atoms with E-state index in [1.807, 2.05) is 54.9 Å². The van der Waals surface area contributed by atoms with Gasteiger partial charge in [-0.25, -0.2) is 9.97 Å². The summed E-state index contributed by atoms with van der Waals surface area (Å²) in [5, 5.41) is 0.741. The minimum absolute atomic E-state index is 0.325. The molecule has 0 unspecified atom stereocenters. The topological polar surface area (TPSA) is 105 Å². The highest BCUT2D eigenvalue weighted by molar-refractivity contribution is 7.21. The number of rotatable bonds is 4. The Balaban J connectivity index is 2.00. The lowest BCUT2D eigenvalue weighted by molar-refractivity contribution is -0.377. The molecular formula is C20H17N4O2S+. The molecule has 134 valence electrons. The van der Waals surface area contributed by atoms with Gasteiger partial charge in [0.2, 0.25) is 0 Å². The monoisotopic (exact) mass is 377 g/mol. The zero-order chi connectivity index (χ0) is 19.0. The molecule has 0 spiro atoms. The van der Waals surface area contributed by atoms with Gasteiger partial charge in [0, 0.05) is 28.1 Å². The van der Waals surface area contributed by atoms with Crippen molar-refractivity contribution in [3.63, 3.8) is 0 Å². The Labute approximate surface area is 159 Å². The number of nitrogens with zero attached hydrogens (tertiary/aromatic N) is 1. The third kappa shape index (κ3) is 2.98. The Morgan fingerprint density at radius 2 is 1.96 bits per heavy atom. The molecule has 1 aromatic carbocycles. The highest BCUT2D eigenvalue weighted by Gasteiger charge is 2.20. The molecule has 3 heterocycles. The number of fused-ring (bicyclic) bond motifs is 1. The SMILES string of the molecule is COc1ccc(-c2cc(-c3ccc[nH+]c3)c3c(N)c(C(N)=O)sc3n2)cc1. The Kier molecular flexibility index (Phi) is 4.21. The number of ether oxygens (including phenoxy) is 1. The van der Waals surface area contributed by atoms with Crippen LogP contribution in [0.2, 0.25) is 0 Å². The highest BCUT2D eigenvalue weighted by Crippen LogP contribution is 2.40. The number of nitrogens with two attached hydrogens (primary N) is 2. The number of pyridine rings is 2. The number of thiophene rings is 1. The number of nitrogen functional groups attached to an aromatic ring is 1. The molecule has 4 aromatic rings. The van der Waals surface area contributed by atoms with Gasteiger partial charge in [0.15, 0.2) is 12.4 Å². The van der Waals surface area contributed by atoms with Crippen molar-refractivity contribution >= 4 is 33.1 Å². The Morgan fingerprint density at radius 3 is 2.59 bits per heavy atom. The number of aromatic nitrogens is 2. The number of hydrogen-bond donors (Lipinski definition) is 2. The Hall–Kier alpha value is -3.45. The number of H-pyrrole nitrogens is 1. The lowest BCUT2D eigenvalue weighted by Gasteiger charge is -2.08. The molecule has 0 atom stereocenters. The van der Waals surface area contributed by atoms with Crippen LogP contribution in [0.1, 0.15) is 9.67 Å². The van der Waals surface area contributed by atoms with Gasteiger partial charge in [0.1, 0.15) is 15.5 Å². The average Bonchev–Trinajstić information content (AvgIpc) is 3.05. The first-order valence-corrected chi connectivity index (χ1v) is 9.04. The molecule has 0 saturated carbocycles. The van der Waals surface area contributed by atoms with Crippen molar-refractivity contribution in [3.05, 3.63) is 59.7 Å². The number of nitrogens with one attached hydrogen (secondary N) is 1. The fourth-order valence-electron chi connectivity index (χ4n) is 3.00. The molecule has 4 rings (SSSR count). The molecule has 0 aliphatic carbocycles. The Morgan fingerprint density at radius 1 is 1.19 bits per heavy atom. The molecule has 0 saturated heterocycles. The number of amides is 1. The number of hydrogen-bond acceptors (Lipinski definition) is 5. The van der Waals surface area contributed by atoms with E-state index in [0.29, 0.717) is 15.4 Å². The van der Waals surface area contributed by atoms with Gasteiger partial charge >= 0.3 is 0 Å². The van der Waals surface area contributed by atoms with Crippen LogP contribution in [0.5, 0.6) is 5.75 Å². The van der Waals surface area contributed by atoms with Gasteiger partial charge in [0.25, 0.3) is 5.91 Å². The van der Waals surface area contributed by atoms with E-state index in [9.17, 15) is 4.79 Å². The van der Waals surface area contributed by atoms with Crippen LogP contribution in [-0.2, 0) is 0 Å². The van der Waals surface area contributed by atoms with Crippen LogP contribution < -0.4 is 21.2 Å². The van der Waals surface area contributed by atoms with Crippen LogP contribution >= 0.6 is 11.3 Å². The minimum atomic E-state index is -0.549. The second-order valence-electron chi connectivity index (χ2n) is 5.96. The molecule has 0 aliphatic rings. The number of benzene rings is 1. The summed E-state index contributed by atoms with van der Waals surface area (Å²) in [7, 11) is 1.63. The van der Waals surface area contributed by atoms with Gasteiger partial charge in [-0.05, 0) is 36.4 Å². The predicted octanol–water partition coefficient (Wildman–Crippen LogP) is 3.13. The van der Waals surface area contributed by atoms with Gasteiger partial charge in [-0.15, -0.1) is 11.3 Å². The normalized spacial score (nSPS) is 10.9. The summed E-state index contributed by atoms with van der Waals surface area (Å²) in [4.78, 5) is 20.6. The summed E-state index contributed by atoms with van der Waals surface area (Å²) in [5.74, 6) is 0.223. The lowest BCUT2D eigenvalue weighted by Crippen LogP contribution is -2.10. The van der Waals surface area contributed by atoms with E-state index in [1.165, 1.54) is 11.3 Å². The quantitative estimate of drug-likeness (QED) is 0.570. The van der Waals surface area contributed by atoms with Crippen LogP contribution in [0.4, 0.5) is 5.69 Å². The zero-order valence-corrected chi connectivity index (χ0v) is 15.3. The first kappa shape index (κ1) is 17.0. The molecule has 0 bridgehead atoms. The summed E-state index contributed by atoms with van der Waals surface area (Å²) < 4.78 is 5.22. The summed E-state index contributed by atoms with van der Waals surface area (Å²) in [6.07, 6.45) is 3.71. The first-order chi connectivity index (χ1) is 13.1.